The van der Waals surface area contributed by atoms with Crippen LogP contribution in [0.4, 0.5) is 0 Å². The number of fused-ring (bicyclic) bond motifs is 1. The number of nitrogens with zero attached hydrogens (tertiary/aromatic N) is 4. The van der Waals surface area contributed by atoms with Gasteiger partial charge in [0.25, 0.3) is 5.56 Å². The van der Waals surface area contributed by atoms with Gasteiger partial charge in [-0.1, -0.05) is 91.0 Å². The smallest absolute Gasteiger partial charge is 0.332 e. The lowest BCUT2D eigenvalue weighted by atomic mass is 9.80. The highest BCUT2D eigenvalue weighted by atomic mass is 16.6. The second-order valence-electron chi connectivity index (χ2n) is 9.60. The molecule has 0 radical (unpaired) electrons. The Morgan fingerprint density at radius 2 is 1.32 bits per heavy atom. The molecule has 0 aliphatic heterocycles. The fourth-order valence-electron chi connectivity index (χ4n) is 5.10. The van der Waals surface area contributed by atoms with Gasteiger partial charge in [-0.15, -0.1) is 0 Å². The molecule has 0 unspecified atom stereocenters. The third kappa shape index (κ3) is 4.87. The molecule has 0 fully saturated rings. The number of benzene rings is 3. The summed E-state index contributed by atoms with van der Waals surface area (Å²) in [4.78, 5) is 41.9. The van der Waals surface area contributed by atoms with E-state index in [-0.39, 0.29) is 24.3 Å². The molecule has 5 aromatic rings. The minimum Gasteiger partial charge on any atom is -0.458 e. The van der Waals surface area contributed by atoms with Crippen LogP contribution in [0.25, 0.3) is 11.2 Å². The average Bonchev–Trinajstić information content (AvgIpc) is 3.40. The third-order valence-corrected chi connectivity index (χ3v) is 6.98. The van der Waals surface area contributed by atoms with Crippen LogP contribution in [0.15, 0.2) is 107 Å². The van der Waals surface area contributed by atoms with Crippen LogP contribution in [-0.4, -0.2) is 37.4 Å². The van der Waals surface area contributed by atoms with Crippen LogP contribution < -0.4 is 11.2 Å². The topological polar surface area (TPSA) is 97.3 Å². The highest BCUT2D eigenvalue weighted by Gasteiger charge is 2.38. The third-order valence-electron chi connectivity index (χ3n) is 6.98. The quantitative estimate of drug-likeness (QED) is 0.211. The van der Waals surface area contributed by atoms with Crippen LogP contribution >= 0.6 is 0 Å². The number of aromatic nitrogens is 4. The van der Waals surface area contributed by atoms with Gasteiger partial charge in [-0.3, -0.25) is 18.7 Å². The molecule has 0 saturated heterocycles. The second kappa shape index (κ2) is 11.2. The standard InChI is InChI=1S/C31H30N4O5/c1-22(36)40-26(19-35-21-32-28-27(35)29(37)34(3)30(38)33(28)2)20-39-31(23-13-7-4-8-14-23,24-15-9-5-10-16-24)25-17-11-6-12-18-25/h4-18,21,26H,19-20H2,1-3H3/t26-/m0/s1. The maximum absolute atomic E-state index is 13.0. The SMILES string of the molecule is CC(=O)O[C@H](COC(c1ccccc1)(c1ccccc1)c1ccccc1)Cn1cnc2c1c(=O)n(C)c(=O)n2C. The first kappa shape index (κ1) is 26.8. The van der Waals surface area contributed by atoms with Crippen LogP contribution in [0.5, 0.6) is 0 Å². The van der Waals surface area contributed by atoms with E-state index in [1.54, 1.807) is 11.6 Å². The monoisotopic (exact) mass is 538 g/mol. The van der Waals surface area contributed by atoms with Crippen molar-refractivity contribution in [1.82, 2.24) is 18.7 Å². The Kier molecular flexibility index (Phi) is 7.48. The molecule has 0 spiro atoms. The van der Waals surface area contributed by atoms with E-state index in [4.69, 9.17) is 9.47 Å². The summed E-state index contributed by atoms with van der Waals surface area (Å²) in [5.74, 6) is -0.483. The molecule has 1 atom stereocenters. The summed E-state index contributed by atoms with van der Waals surface area (Å²) in [6.07, 6.45) is 0.702. The van der Waals surface area contributed by atoms with Crippen molar-refractivity contribution in [1.29, 1.82) is 0 Å². The zero-order valence-electron chi connectivity index (χ0n) is 22.6. The lowest BCUT2D eigenvalue weighted by molar-refractivity contribution is -0.153. The van der Waals surface area contributed by atoms with Gasteiger partial charge in [0.15, 0.2) is 11.2 Å². The molecular weight excluding hydrogens is 508 g/mol. The van der Waals surface area contributed by atoms with Crippen molar-refractivity contribution in [3.05, 3.63) is 135 Å². The molecule has 2 aromatic heterocycles. The zero-order valence-corrected chi connectivity index (χ0v) is 22.6. The fourth-order valence-corrected chi connectivity index (χ4v) is 5.10. The van der Waals surface area contributed by atoms with Gasteiger partial charge in [-0.2, -0.15) is 0 Å². The lowest BCUT2D eigenvalue weighted by Gasteiger charge is -2.37. The maximum Gasteiger partial charge on any atom is 0.332 e. The van der Waals surface area contributed by atoms with E-state index in [9.17, 15) is 14.4 Å². The molecular formula is C31H30N4O5. The van der Waals surface area contributed by atoms with E-state index in [1.165, 1.54) is 24.9 Å². The molecule has 5 rings (SSSR count). The number of aryl methyl sites for hydroxylation is 1. The van der Waals surface area contributed by atoms with Gasteiger partial charge in [0.1, 0.15) is 11.7 Å². The minimum atomic E-state index is -1.01. The number of carbonyl (C=O) groups excluding carboxylic acids is 1. The zero-order chi connectivity index (χ0) is 28.3. The molecule has 9 nitrogen and oxygen atoms in total. The Morgan fingerprint density at radius 1 is 0.825 bits per heavy atom. The van der Waals surface area contributed by atoms with E-state index in [1.807, 2.05) is 91.0 Å². The van der Waals surface area contributed by atoms with Gasteiger partial charge in [-0.05, 0) is 16.7 Å². The maximum atomic E-state index is 13.0. The van der Waals surface area contributed by atoms with Crippen molar-refractivity contribution in [2.45, 2.75) is 25.2 Å². The molecule has 40 heavy (non-hydrogen) atoms. The number of rotatable bonds is 9. The number of carbonyl (C=O) groups is 1. The summed E-state index contributed by atoms with van der Waals surface area (Å²) < 4.78 is 16.5. The molecule has 0 amide bonds. The first-order chi connectivity index (χ1) is 19.3. The van der Waals surface area contributed by atoms with E-state index in [2.05, 4.69) is 4.98 Å². The Morgan fingerprint density at radius 3 is 1.80 bits per heavy atom. The Balaban J connectivity index is 1.59. The summed E-state index contributed by atoms with van der Waals surface area (Å²) in [7, 11) is 2.98. The normalized spacial score (nSPS) is 12.4. The van der Waals surface area contributed by atoms with Crippen molar-refractivity contribution in [2.24, 2.45) is 14.1 Å². The van der Waals surface area contributed by atoms with Crippen molar-refractivity contribution in [3.63, 3.8) is 0 Å². The number of hydrogen-bond acceptors (Lipinski definition) is 6. The molecule has 0 aliphatic carbocycles. The van der Waals surface area contributed by atoms with Gasteiger partial charge in [0.05, 0.1) is 19.5 Å². The molecule has 0 aliphatic rings. The van der Waals surface area contributed by atoms with E-state index >= 15 is 0 Å². The molecule has 0 N–H and O–H groups in total. The van der Waals surface area contributed by atoms with Crippen molar-refractivity contribution < 1.29 is 14.3 Å². The van der Waals surface area contributed by atoms with Crippen LogP contribution in [0, 0.1) is 0 Å². The molecule has 9 heteroatoms. The van der Waals surface area contributed by atoms with Crippen LogP contribution in [-0.2, 0) is 40.5 Å². The van der Waals surface area contributed by atoms with Gasteiger partial charge >= 0.3 is 11.7 Å². The van der Waals surface area contributed by atoms with Gasteiger partial charge < -0.3 is 14.0 Å². The van der Waals surface area contributed by atoms with E-state index < -0.39 is 28.9 Å². The predicted molar refractivity (Wildman–Crippen MR) is 151 cm³/mol. The van der Waals surface area contributed by atoms with Gasteiger partial charge in [-0.25, -0.2) is 9.78 Å². The summed E-state index contributed by atoms with van der Waals surface area (Å²) in [6, 6.07) is 29.6. The Hall–Kier alpha value is -4.76. The van der Waals surface area contributed by atoms with Crippen LogP contribution in [0.2, 0.25) is 0 Å². The number of imidazole rings is 1. The molecule has 3 aromatic carbocycles. The van der Waals surface area contributed by atoms with Crippen LogP contribution in [0.3, 0.4) is 0 Å². The molecule has 0 bridgehead atoms. The fraction of sp³-hybridized carbons (Fsp3) is 0.226. The highest BCUT2D eigenvalue weighted by Crippen LogP contribution is 2.40. The van der Waals surface area contributed by atoms with E-state index in [0.717, 1.165) is 21.3 Å². The summed E-state index contributed by atoms with van der Waals surface area (Å²) in [5.41, 5.74) is 1.25. The van der Waals surface area contributed by atoms with Crippen molar-refractivity contribution in [3.8, 4) is 0 Å². The average molecular weight is 539 g/mol. The summed E-state index contributed by atoms with van der Waals surface area (Å²) in [5, 5.41) is 0. The summed E-state index contributed by atoms with van der Waals surface area (Å²) >= 11 is 0. The minimum absolute atomic E-state index is 0.00398. The molecule has 204 valence electrons. The second-order valence-corrected chi connectivity index (χ2v) is 9.60. The molecule has 2 heterocycles. The van der Waals surface area contributed by atoms with Gasteiger partial charge in [0.2, 0.25) is 0 Å². The first-order valence-corrected chi connectivity index (χ1v) is 12.9. The first-order valence-electron chi connectivity index (χ1n) is 12.9. The Bertz CT molecular complexity index is 1640. The largest absolute Gasteiger partial charge is 0.458 e. The molecule has 0 saturated carbocycles. The number of ether oxygens (including phenoxy) is 2. The van der Waals surface area contributed by atoms with Crippen molar-refractivity contribution >= 4 is 17.1 Å². The van der Waals surface area contributed by atoms with Crippen LogP contribution in [0.1, 0.15) is 23.6 Å². The van der Waals surface area contributed by atoms with E-state index in [0.29, 0.717) is 0 Å². The highest BCUT2D eigenvalue weighted by molar-refractivity contribution is 5.70. The summed E-state index contributed by atoms with van der Waals surface area (Å²) in [6.45, 7) is 1.43. The predicted octanol–water partition coefficient (Wildman–Crippen LogP) is 3.37. The lowest BCUT2D eigenvalue weighted by Crippen LogP contribution is -2.39. The van der Waals surface area contributed by atoms with Crippen molar-refractivity contribution in [2.75, 3.05) is 6.61 Å². The Labute approximate surface area is 230 Å². The number of hydrogen-bond donors (Lipinski definition) is 0. The number of esters is 1. The van der Waals surface area contributed by atoms with Gasteiger partial charge in [0, 0.05) is 21.0 Å².